The van der Waals surface area contributed by atoms with Gasteiger partial charge in [0.1, 0.15) is 5.82 Å². The van der Waals surface area contributed by atoms with Crippen LogP contribution in [0.4, 0.5) is 4.39 Å². The minimum absolute atomic E-state index is 0.0700. The zero-order valence-electron chi connectivity index (χ0n) is 17.3. The summed E-state index contributed by atoms with van der Waals surface area (Å²) in [5.41, 5.74) is 3.46. The van der Waals surface area contributed by atoms with Crippen molar-refractivity contribution in [3.8, 4) is 0 Å². The molecule has 1 amide bonds. The Morgan fingerprint density at radius 2 is 2.00 bits per heavy atom. The van der Waals surface area contributed by atoms with E-state index in [0.29, 0.717) is 12.1 Å². The maximum absolute atomic E-state index is 14.8. The predicted octanol–water partition coefficient (Wildman–Crippen LogP) is 3.59. The van der Waals surface area contributed by atoms with Crippen molar-refractivity contribution in [1.29, 1.82) is 0 Å². The number of hydrogen-bond acceptors (Lipinski definition) is 3. The lowest BCUT2D eigenvalue weighted by Gasteiger charge is -2.26. The van der Waals surface area contributed by atoms with Gasteiger partial charge in [0.25, 0.3) is 0 Å². The molecule has 2 aromatic carbocycles. The molecular weight excluding hydrogens is 381 g/mol. The number of hydrogen-bond donors (Lipinski definition) is 2. The number of carbonyl (C=O) groups is 1. The topological polar surface area (TPSA) is 57.4 Å². The highest BCUT2D eigenvalue weighted by Crippen LogP contribution is 2.35. The Morgan fingerprint density at radius 1 is 1.20 bits per heavy atom. The highest BCUT2D eigenvalue weighted by molar-refractivity contribution is 5.86. The molecule has 0 radical (unpaired) electrons. The fourth-order valence-corrected chi connectivity index (χ4v) is 4.14. The van der Waals surface area contributed by atoms with E-state index in [0.717, 1.165) is 54.9 Å². The number of aryl methyl sites for hydroxylation is 1. The average Bonchev–Trinajstić information content (AvgIpc) is 3.19. The fraction of sp³-hybridized carbons (Fsp3) is 0.375. The zero-order valence-corrected chi connectivity index (χ0v) is 17.3. The van der Waals surface area contributed by atoms with E-state index < -0.39 is 0 Å². The minimum atomic E-state index is -0.357. The van der Waals surface area contributed by atoms with Gasteiger partial charge in [-0.2, -0.15) is 0 Å². The van der Waals surface area contributed by atoms with Crippen LogP contribution in [0.15, 0.2) is 48.7 Å². The Balaban J connectivity index is 1.53. The number of fused-ring (bicyclic) bond motifs is 1. The van der Waals surface area contributed by atoms with Gasteiger partial charge >= 0.3 is 0 Å². The second-order valence-electron chi connectivity index (χ2n) is 7.88. The number of aromatic nitrogens is 1. The van der Waals surface area contributed by atoms with Crippen LogP contribution in [0.3, 0.4) is 0 Å². The van der Waals surface area contributed by atoms with Gasteiger partial charge in [0.15, 0.2) is 0 Å². The number of nitrogens with one attached hydrogen (secondary N) is 2. The van der Waals surface area contributed by atoms with E-state index in [1.165, 1.54) is 6.07 Å². The Kier molecular flexibility index (Phi) is 6.45. The van der Waals surface area contributed by atoms with E-state index in [1.54, 1.807) is 6.07 Å². The van der Waals surface area contributed by atoms with Gasteiger partial charge in [0.05, 0.1) is 13.2 Å². The van der Waals surface area contributed by atoms with Crippen LogP contribution in [0.5, 0.6) is 0 Å². The SMILES string of the molecule is Cc1ccc(F)c([C@@H](CC(=O)NCCN2CCOCC2)c2c[nH]c3ccccc23)c1. The highest BCUT2D eigenvalue weighted by Gasteiger charge is 2.24. The highest BCUT2D eigenvalue weighted by atomic mass is 19.1. The molecule has 1 fully saturated rings. The number of nitrogens with zero attached hydrogens (tertiary/aromatic N) is 1. The van der Waals surface area contributed by atoms with Crippen molar-refractivity contribution < 1.29 is 13.9 Å². The molecule has 0 spiro atoms. The first-order chi connectivity index (χ1) is 14.6. The van der Waals surface area contributed by atoms with Crippen LogP contribution in [0.25, 0.3) is 10.9 Å². The summed E-state index contributed by atoms with van der Waals surface area (Å²) in [6, 6.07) is 13.0. The quantitative estimate of drug-likeness (QED) is 0.627. The van der Waals surface area contributed by atoms with Crippen LogP contribution in [0, 0.1) is 12.7 Å². The first-order valence-corrected chi connectivity index (χ1v) is 10.5. The first-order valence-electron chi connectivity index (χ1n) is 10.5. The molecule has 1 aliphatic heterocycles. The van der Waals surface area contributed by atoms with Gasteiger partial charge in [0, 0.05) is 55.6 Å². The molecule has 2 heterocycles. The van der Waals surface area contributed by atoms with E-state index in [-0.39, 0.29) is 24.1 Å². The predicted molar refractivity (Wildman–Crippen MR) is 116 cm³/mol. The summed E-state index contributed by atoms with van der Waals surface area (Å²) in [6.07, 6.45) is 2.10. The van der Waals surface area contributed by atoms with Crippen molar-refractivity contribution in [3.05, 3.63) is 71.2 Å². The van der Waals surface area contributed by atoms with Gasteiger partial charge in [-0.05, 0) is 30.2 Å². The normalized spacial score (nSPS) is 15.9. The number of amides is 1. The van der Waals surface area contributed by atoms with Crippen LogP contribution in [-0.4, -0.2) is 55.2 Å². The van der Waals surface area contributed by atoms with Gasteiger partial charge in [-0.15, -0.1) is 0 Å². The molecule has 1 saturated heterocycles. The van der Waals surface area contributed by atoms with Gasteiger partial charge in [0.2, 0.25) is 5.91 Å². The number of benzene rings is 2. The van der Waals surface area contributed by atoms with E-state index in [1.807, 2.05) is 43.5 Å². The van der Waals surface area contributed by atoms with Crippen molar-refractivity contribution in [3.63, 3.8) is 0 Å². The molecule has 2 N–H and O–H groups in total. The standard InChI is InChI=1S/C24H28FN3O2/c1-17-6-7-22(25)20(14-17)19(21-16-27-23-5-3-2-4-18(21)23)15-24(29)26-8-9-28-10-12-30-13-11-28/h2-7,14,16,19,27H,8-13,15H2,1H3,(H,26,29)/t19-/m1/s1. The maximum Gasteiger partial charge on any atom is 0.220 e. The Labute approximate surface area is 176 Å². The lowest BCUT2D eigenvalue weighted by Crippen LogP contribution is -2.41. The molecule has 0 unspecified atom stereocenters. The zero-order chi connectivity index (χ0) is 20.9. The van der Waals surface area contributed by atoms with Crippen LogP contribution < -0.4 is 5.32 Å². The molecule has 30 heavy (non-hydrogen) atoms. The van der Waals surface area contributed by atoms with Crippen molar-refractivity contribution in [2.24, 2.45) is 0 Å². The number of ether oxygens (including phenoxy) is 1. The van der Waals surface area contributed by atoms with Gasteiger partial charge < -0.3 is 15.0 Å². The lowest BCUT2D eigenvalue weighted by atomic mass is 9.87. The number of halogens is 1. The van der Waals surface area contributed by atoms with Gasteiger partial charge in [-0.3, -0.25) is 9.69 Å². The monoisotopic (exact) mass is 409 g/mol. The van der Waals surface area contributed by atoms with Crippen LogP contribution >= 0.6 is 0 Å². The number of para-hydroxylation sites is 1. The average molecular weight is 410 g/mol. The summed E-state index contributed by atoms with van der Waals surface area (Å²) in [7, 11) is 0. The molecule has 0 aliphatic carbocycles. The summed E-state index contributed by atoms with van der Waals surface area (Å²) in [4.78, 5) is 18.3. The molecule has 1 atom stereocenters. The van der Waals surface area contributed by atoms with Gasteiger partial charge in [-0.25, -0.2) is 4.39 Å². The number of morpholine rings is 1. The summed E-state index contributed by atoms with van der Waals surface area (Å²) in [5.74, 6) is -0.708. The van der Waals surface area contributed by atoms with Crippen molar-refractivity contribution in [1.82, 2.24) is 15.2 Å². The molecule has 1 aromatic heterocycles. The van der Waals surface area contributed by atoms with Crippen LogP contribution in [0.1, 0.15) is 29.0 Å². The first kappa shape index (κ1) is 20.6. The third-order valence-electron chi connectivity index (χ3n) is 5.77. The molecule has 5 nitrogen and oxygen atoms in total. The van der Waals surface area contributed by atoms with Gasteiger partial charge in [-0.1, -0.05) is 35.9 Å². The summed E-state index contributed by atoms with van der Waals surface area (Å²) < 4.78 is 20.2. The molecule has 6 heteroatoms. The summed E-state index contributed by atoms with van der Waals surface area (Å²) >= 11 is 0. The second-order valence-corrected chi connectivity index (χ2v) is 7.88. The molecule has 3 aromatic rings. The molecule has 1 aliphatic rings. The number of aromatic amines is 1. The lowest BCUT2D eigenvalue weighted by molar-refractivity contribution is -0.121. The van der Waals surface area contributed by atoms with Crippen molar-refractivity contribution in [2.75, 3.05) is 39.4 Å². The van der Waals surface area contributed by atoms with E-state index in [2.05, 4.69) is 15.2 Å². The molecular formula is C24H28FN3O2. The summed E-state index contributed by atoms with van der Waals surface area (Å²) in [5, 5.41) is 4.04. The molecule has 0 bridgehead atoms. The van der Waals surface area contributed by atoms with E-state index in [9.17, 15) is 9.18 Å². The molecule has 0 saturated carbocycles. The van der Waals surface area contributed by atoms with Crippen molar-refractivity contribution >= 4 is 16.8 Å². The number of rotatable bonds is 7. The fourth-order valence-electron chi connectivity index (χ4n) is 4.14. The van der Waals surface area contributed by atoms with Crippen molar-refractivity contribution in [2.45, 2.75) is 19.3 Å². The van der Waals surface area contributed by atoms with Crippen LogP contribution in [0.2, 0.25) is 0 Å². The minimum Gasteiger partial charge on any atom is -0.379 e. The number of H-pyrrole nitrogens is 1. The number of carbonyl (C=O) groups excluding carboxylic acids is 1. The Morgan fingerprint density at radius 3 is 2.83 bits per heavy atom. The summed E-state index contributed by atoms with van der Waals surface area (Å²) in [6.45, 7) is 6.58. The third-order valence-corrected chi connectivity index (χ3v) is 5.77. The Bertz CT molecular complexity index is 1010. The third kappa shape index (κ3) is 4.71. The largest absolute Gasteiger partial charge is 0.379 e. The second kappa shape index (κ2) is 9.41. The smallest absolute Gasteiger partial charge is 0.220 e. The Hall–Kier alpha value is -2.70. The van der Waals surface area contributed by atoms with E-state index in [4.69, 9.17) is 4.74 Å². The van der Waals surface area contributed by atoms with Crippen LogP contribution in [-0.2, 0) is 9.53 Å². The molecule has 158 valence electrons. The van der Waals surface area contributed by atoms with E-state index >= 15 is 0 Å². The maximum atomic E-state index is 14.8. The molecule has 4 rings (SSSR count).